The lowest BCUT2D eigenvalue weighted by Gasteiger charge is -2.43. The fraction of sp³-hybridized carbons (Fsp3) is 0.259. The highest BCUT2D eigenvalue weighted by atomic mass is 35.5. The maximum atomic E-state index is 14.7. The van der Waals surface area contributed by atoms with E-state index in [1.54, 1.807) is 17.7 Å². The fourth-order valence-electron chi connectivity index (χ4n) is 5.26. The van der Waals surface area contributed by atoms with Crippen LogP contribution in [-0.4, -0.2) is 46.6 Å². The van der Waals surface area contributed by atoms with Crippen LogP contribution >= 0.6 is 11.6 Å². The molecule has 1 fully saturated rings. The number of aromatic carboxylic acids is 1. The van der Waals surface area contributed by atoms with Gasteiger partial charge in [-0.3, -0.25) is 0 Å². The van der Waals surface area contributed by atoms with Crippen LogP contribution in [0.4, 0.5) is 8.78 Å². The van der Waals surface area contributed by atoms with Crippen LogP contribution in [0.25, 0.3) is 27.7 Å². The zero-order chi connectivity index (χ0) is 26.5. The molecule has 0 radical (unpaired) electrons. The molecule has 37 heavy (non-hydrogen) atoms. The third-order valence-electron chi connectivity index (χ3n) is 6.97. The molecule has 0 spiro atoms. The normalized spacial score (nSPS) is 14.5. The van der Waals surface area contributed by atoms with Gasteiger partial charge in [0.05, 0.1) is 29.6 Å². The minimum atomic E-state index is -1.28. The summed E-state index contributed by atoms with van der Waals surface area (Å²) in [6.07, 6.45) is 3.75. The third-order valence-corrected chi connectivity index (χ3v) is 7.26. The monoisotopic (exact) mass is 528 g/mol. The van der Waals surface area contributed by atoms with Gasteiger partial charge >= 0.3 is 5.97 Å². The summed E-state index contributed by atoms with van der Waals surface area (Å²) in [4.78, 5) is 15.6. The van der Waals surface area contributed by atoms with Crippen molar-refractivity contribution in [2.24, 2.45) is 0 Å². The van der Waals surface area contributed by atoms with Gasteiger partial charge in [-0.05, 0) is 37.1 Å². The van der Waals surface area contributed by atoms with Gasteiger partial charge in [-0.1, -0.05) is 18.0 Å². The van der Waals surface area contributed by atoms with E-state index in [1.165, 1.54) is 37.6 Å². The topological polar surface area (TPSA) is 93.8 Å². The Labute approximate surface area is 215 Å². The Balaban J connectivity index is 1.95. The van der Waals surface area contributed by atoms with Crippen molar-refractivity contribution in [2.75, 3.05) is 20.8 Å². The summed E-state index contributed by atoms with van der Waals surface area (Å²) < 4.78 is 41.7. The number of carboxylic acids is 1. The minimum Gasteiger partial charge on any atom is -0.507 e. The van der Waals surface area contributed by atoms with Crippen LogP contribution in [-0.2, 0) is 10.2 Å². The van der Waals surface area contributed by atoms with Gasteiger partial charge in [0.15, 0.2) is 17.3 Å². The minimum absolute atomic E-state index is 0.00241. The molecule has 1 aliphatic carbocycles. The molecule has 0 aliphatic heterocycles. The highest BCUT2D eigenvalue weighted by molar-refractivity contribution is 6.33. The van der Waals surface area contributed by atoms with Gasteiger partial charge in [0.2, 0.25) is 0 Å². The zero-order valence-electron chi connectivity index (χ0n) is 20.0. The Kier molecular flexibility index (Phi) is 6.29. The molecule has 1 saturated carbocycles. The number of carboxylic acid groups (broad SMARTS) is 1. The first-order valence-corrected chi connectivity index (χ1v) is 11.9. The van der Waals surface area contributed by atoms with Crippen LogP contribution in [0.2, 0.25) is 5.02 Å². The molecular weight excluding hydrogens is 506 g/mol. The molecule has 7 nitrogen and oxygen atoms in total. The number of hydrogen-bond acceptors (Lipinski definition) is 5. The number of methoxy groups -OCH3 is 2. The van der Waals surface area contributed by atoms with E-state index >= 15 is 0 Å². The summed E-state index contributed by atoms with van der Waals surface area (Å²) in [7, 11) is 2.94. The van der Waals surface area contributed by atoms with Crippen molar-refractivity contribution < 1.29 is 33.3 Å². The molecule has 0 amide bonds. The molecule has 10 heteroatoms. The van der Waals surface area contributed by atoms with Gasteiger partial charge in [0, 0.05) is 53.4 Å². The van der Waals surface area contributed by atoms with Crippen LogP contribution in [0.3, 0.4) is 0 Å². The number of aromatic hydroxyl groups is 1. The van der Waals surface area contributed by atoms with Gasteiger partial charge in [-0.15, -0.1) is 0 Å². The summed E-state index contributed by atoms with van der Waals surface area (Å²) >= 11 is 6.29. The van der Waals surface area contributed by atoms with Crippen LogP contribution in [0.15, 0.2) is 42.6 Å². The van der Waals surface area contributed by atoms with Gasteiger partial charge in [-0.2, -0.15) is 0 Å². The quantitative estimate of drug-likeness (QED) is 0.301. The maximum absolute atomic E-state index is 14.7. The van der Waals surface area contributed by atoms with Crippen molar-refractivity contribution in [1.82, 2.24) is 9.55 Å². The lowest BCUT2D eigenvalue weighted by Crippen LogP contribution is -2.41. The first kappa shape index (κ1) is 25.0. The smallest absolute Gasteiger partial charge is 0.356 e. The first-order chi connectivity index (χ1) is 17.7. The Morgan fingerprint density at radius 3 is 2.54 bits per heavy atom. The highest BCUT2D eigenvalue weighted by Gasteiger charge is 2.45. The number of benzene rings is 2. The van der Waals surface area contributed by atoms with Gasteiger partial charge in [0.1, 0.15) is 11.6 Å². The van der Waals surface area contributed by atoms with E-state index in [9.17, 15) is 23.8 Å². The number of aromatic nitrogens is 2. The second-order valence-corrected chi connectivity index (χ2v) is 9.53. The van der Waals surface area contributed by atoms with Crippen molar-refractivity contribution in [3.63, 3.8) is 0 Å². The number of ether oxygens (including phenoxy) is 2. The van der Waals surface area contributed by atoms with Crippen molar-refractivity contribution in [1.29, 1.82) is 0 Å². The molecule has 2 heterocycles. The van der Waals surface area contributed by atoms with E-state index in [0.717, 1.165) is 25.3 Å². The Bertz CT molecular complexity index is 1550. The number of carbonyl (C=O) groups is 1. The van der Waals surface area contributed by atoms with E-state index in [-0.39, 0.29) is 22.2 Å². The first-order valence-electron chi connectivity index (χ1n) is 11.5. The largest absolute Gasteiger partial charge is 0.507 e. The molecule has 1 aliphatic rings. The molecule has 5 rings (SSSR count). The van der Waals surface area contributed by atoms with Crippen LogP contribution < -0.4 is 4.74 Å². The fourth-order valence-corrected chi connectivity index (χ4v) is 5.51. The maximum Gasteiger partial charge on any atom is 0.356 e. The molecule has 2 N–H and O–H groups in total. The number of phenolic OH excluding ortho intramolecular Hbond substituents is 1. The Morgan fingerprint density at radius 1 is 1.19 bits per heavy atom. The standard InChI is InChI=1S/C27H23ClF2N2O5/c1-36-13-27(6-3-7-27)25-22(14-8-17(28)24(26(34)35)31-12-14)23-19(9-15(29)10-20(23)33)32(25)16-4-5-18(30)21(11-16)37-2/h4-5,8-12,33H,3,6-7,13H2,1-2H3,(H,34,35). The predicted octanol–water partition coefficient (Wildman–Crippen LogP) is 6.10. The molecule has 4 aromatic rings. The van der Waals surface area contributed by atoms with Crippen LogP contribution in [0, 0.1) is 11.6 Å². The predicted molar refractivity (Wildman–Crippen MR) is 134 cm³/mol. The Morgan fingerprint density at radius 2 is 1.95 bits per heavy atom. The van der Waals surface area contributed by atoms with Crippen molar-refractivity contribution in [2.45, 2.75) is 24.7 Å². The van der Waals surface area contributed by atoms with E-state index in [4.69, 9.17) is 21.1 Å². The second-order valence-electron chi connectivity index (χ2n) is 9.12. The van der Waals surface area contributed by atoms with Crippen molar-refractivity contribution in [3.8, 4) is 28.3 Å². The summed E-state index contributed by atoms with van der Waals surface area (Å²) in [5.74, 6) is -2.82. The average Bonchev–Trinajstić information content (AvgIpc) is 3.16. The average molecular weight is 529 g/mol. The number of nitrogens with zero attached hydrogens (tertiary/aromatic N) is 2. The van der Waals surface area contributed by atoms with Crippen molar-refractivity contribution in [3.05, 3.63) is 70.6 Å². The Hall–Kier alpha value is -3.69. The molecule has 0 atom stereocenters. The molecule has 0 saturated heterocycles. The number of fused-ring (bicyclic) bond motifs is 1. The molecule has 0 bridgehead atoms. The van der Waals surface area contributed by atoms with Crippen LogP contribution in [0.5, 0.6) is 11.5 Å². The molecule has 192 valence electrons. The molecular formula is C27H23ClF2N2O5. The summed E-state index contributed by atoms with van der Waals surface area (Å²) in [6, 6.07) is 8.07. The highest BCUT2D eigenvalue weighted by Crippen LogP contribution is 2.53. The van der Waals surface area contributed by atoms with E-state index in [2.05, 4.69) is 4.98 Å². The molecule has 2 aromatic heterocycles. The zero-order valence-corrected chi connectivity index (χ0v) is 20.8. The summed E-state index contributed by atoms with van der Waals surface area (Å²) in [5.41, 5.74) is 1.60. The molecule has 2 aromatic carbocycles. The van der Waals surface area contributed by atoms with E-state index in [0.29, 0.717) is 40.0 Å². The lowest BCUT2D eigenvalue weighted by molar-refractivity contribution is 0.0690. The molecule has 0 unspecified atom stereocenters. The van der Waals surface area contributed by atoms with E-state index in [1.807, 2.05) is 0 Å². The number of pyridine rings is 1. The van der Waals surface area contributed by atoms with Gasteiger partial charge in [-0.25, -0.2) is 18.6 Å². The second kappa shape index (κ2) is 9.32. The number of phenols is 1. The van der Waals surface area contributed by atoms with Gasteiger partial charge in [0.25, 0.3) is 0 Å². The number of halogens is 3. The van der Waals surface area contributed by atoms with Gasteiger partial charge < -0.3 is 24.3 Å². The number of hydrogen-bond donors (Lipinski definition) is 2. The lowest BCUT2D eigenvalue weighted by atomic mass is 9.65. The number of rotatable bonds is 7. The van der Waals surface area contributed by atoms with Crippen LogP contribution in [0.1, 0.15) is 35.4 Å². The summed E-state index contributed by atoms with van der Waals surface area (Å²) in [5, 5.41) is 20.6. The summed E-state index contributed by atoms with van der Waals surface area (Å²) in [6.45, 7) is 0.326. The third kappa shape index (κ3) is 3.98. The SMILES string of the molecule is COCC1(c2c(-c3cnc(C(=O)O)c(Cl)c3)c3c(O)cc(F)cc3n2-c2ccc(F)c(OC)c2)CCC1. The van der Waals surface area contributed by atoms with Crippen molar-refractivity contribution >= 4 is 28.5 Å². The van der Waals surface area contributed by atoms with E-state index < -0.39 is 23.0 Å².